The van der Waals surface area contributed by atoms with Gasteiger partial charge < -0.3 is 10.4 Å². The van der Waals surface area contributed by atoms with Crippen LogP contribution in [0.1, 0.15) is 11.6 Å². The highest BCUT2D eigenvalue weighted by atomic mass is 79.9. The highest BCUT2D eigenvalue weighted by molar-refractivity contribution is 9.10. The maximum Gasteiger partial charge on any atom is 0.271 e. The molecule has 1 saturated heterocycles. The number of halogens is 4. The van der Waals surface area contributed by atoms with Crippen LogP contribution < -0.4 is 5.32 Å². The number of aromatic hydroxyl groups is 1. The zero-order chi connectivity index (χ0) is 14.7. The van der Waals surface area contributed by atoms with Gasteiger partial charge in [0.25, 0.3) is 5.69 Å². The number of hydrogen-bond donors (Lipinski definition) is 2. The summed E-state index contributed by atoms with van der Waals surface area (Å²) in [4.78, 5) is 12.2. The summed E-state index contributed by atoms with van der Waals surface area (Å²) < 4.78 is 13.6. The summed E-state index contributed by atoms with van der Waals surface area (Å²) in [6.45, 7) is 2.02. The molecule has 10 heteroatoms. The molecule has 1 aliphatic heterocycles. The molecule has 0 amide bonds. The molecule has 1 aromatic rings. The number of phenols is 1. The number of phenolic OH excluding ortho intramolecular Hbond substituents is 1. The molecule has 126 valence electrons. The van der Waals surface area contributed by atoms with Gasteiger partial charge in [-0.2, -0.15) is 0 Å². The third-order valence-corrected chi connectivity index (χ3v) is 3.99. The standard InChI is InChI=1S/C12H15BrFN3O3.2ClH/c13-10-6-8(17(19)20)5-9(12(10)18)11(7-14)16-3-1-15-2-4-16;;/h5-6,11,15,18H,1-4,7H2;2*1H/t11-;;/m1../s1. The minimum atomic E-state index is -0.707. The lowest BCUT2D eigenvalue weighted by atomic mass is 10.0. The quantitative estimate of drug-likeness (QED) is 0.578. The summed E-state index contributed by atoms with van der Waals surface area (Å²) in [7, 11) is 0. The molecule has 1 heterocycles. The van der Waals surface area contributed by atoms with Crippen LogP contribution in [0.3, 0.4) is 0 Å². The van der Waals surface area contributed by atoms with Crippen molar-refractivity contribution in [3.05, 3.63) is 32.3 Å². The summed E-state index contributed by atoms with van der Waals surface area (Å²) in [5.74, 6) is -0.142. The molecule has 6 nitrogen and oxygen atoms in total. The Labute approximate surface area is 148 Å². The van der Waals surface area contributed by atoms with Crippen LogP contribution >= 0.6 is 40.7 Å². The van der Waals surface area contributed by atoms with Crippen molar-refractivity contribution in [3.63, 3.8) is 0 Å². The van der Waals surface area contributed by atoms with E-state index in [-0.39, 0.29) is 46.3 Å². The SMILES string of the molecule is Cl.Cl.O=[N+]([O-])c1cc(Br)c(O)c([C@@H](CF)N2CCNCC2)c1. The molecule has 0 aromatic heterocycles. The van der Waals surface area contributed by atoms with E-state index in [0.717, 1.165) is 13.1 Å². The number of nitrogens with zero attached hydrogens (tertiary/aromatic N) is 2. The maximum absolute atomic E-state index is 13.4. The normalized spacial score (nSPS) is 16.3. The Morgan fingerprint density at radius 2 is 2.00 bits per heavy atom. The predicted octanol–water partition coefficient (Wildman–Crippen LogP) is 2.82. The third-order valence-electron chi connectivity index (χ3n) is 3.39. The van der Waals surface area contributed by atoms with E-state index in [1.165, 1.54) is 12.1 Å². The molecule has 2 rings (SSSR count). The zero-order valence-electron chi connectivity index (χ0n) is 11.5. The van der Waals surface area contributed by atoms with Crippen molar-refractivity contribution in [2.45, 2.75) is 6.04 Å². The number of benzene rings is 1. The van der Waals surface area contributed by atoms with Gasteiger partial charge >= 0.3 is 0 Å². The number of nitro benzene ring substituents is 1. The van der Waals surface area contributed by atoms with Gasteiger partial charge in [-0.25, -0.2) is 4.39 Å². The second-order valence-corrected chi connectivity index (χ2v) is 5.43. The van der Waals surface area contributed by atoms with Crippen LogP contribution in [-0.2, 0) is 0 Å². The lowest BCUT2D eigenvalue weighted by Crippen LogP contribution is -2.45. The number of nitrogens with one attached hydrogen (secondary N) is 1. The second-order valence-electron chi connectivity index (χ2n) is 4.58. The first-order chi connectivity index (χ1) is 9.54. The Kier molecular flexibility index (Phi) is 9.18. The van der Waals surface area contributed by atoms with Crippen LogP contribution in [0.5, 0.6) is 5.75 Å². The molecule has 1 aromatic carbocycles. The van der Waals surface area contributed by atoms with Gasteiger partial charge in [0.1, 0.15) is 12.4 Å². The van der Waals surface area contributed by atoms with Gasteiger partial charge in [-0.1, -0.05) is 0 Å². The molecule has 0 radical (unpaired) electrons. The first-order valence-electron chi connectivity index (χ1n) is 6.22. The van der Waals surface area contributed by atoms with Crippen LogP contribution in [0.15, 0.2) is 16.6 Å². The predicted molar refractivity (Wildman–Crippen MR) is 90.1 cm³/mol. The summed E-state index contributed by atoms with van der Waals surface area (Å²) >= 11 is 3.08. The lowest BCUT2D eigenvalue weighted by molar-refractivity contribution is -0.385. The third kappa shape index (κ3) is 4.66. The summed E-state index contributed by atoms with van der Waals surface area (Å²) in [5.41, 5.74) is 0.0775. The van der Waals surface area contributed by atoms with Crippen molar-refractivity contribution in [2.75, 3.05) is 32.9 Å². The van der Waals surface area contributed by atoms with Crippen molar-refractivity contribution in [2.24, 2.45) is 0 Å². The van der Waals surface area contributed by atoms with Crippen molar-refractivity contribution in [1.82, 2.24) is 10.2 Å². The number of piperazine rings is 1. The Bertz CT molecular complexity index is 519. The van der Waals surface area contributed by atoms with Gasteiger partial charge in [-0.05, 0) is 15.9 Å². The monoisotopic (exact) mass is 419 g/mol. The van der Waals surface area contributed by atoms with E-state index in [9.17, 15) is 19.6 Å². The molecular weight excluding hydrogens is 404 g/mol. The van der Waals surface area contributed by atoms with Crippen LogP contribution in [-0.4, -0.2) is 47.8 Å². The minimum absolute atomic E-state index is 0. The fourth-order valence-corrected chi connectivity index (χ4v) is 2.80. The Morgan fingerprint density at radius 1 is 1.41 bits per heavy atom. The van der Waals surface area contributed by atoms with E-state index < -0.39 is 17.6 Å². The molecule has 0 spiro atoms. The first kappa shape index (κ1) is 21.3. The summed E-state index contributed by atoms with van der Waals surface area (Å²) in [6.07, 6.45) is 0. The smallest absolute Gasteiger partial charge is 0.271 e. The fraction of sp³-hybridized carbons (Fsp3) is 0.500. The van der Waals surface area contributed by atoms with Crippen LogP contribution in [0.2, 0.25) is 0 Å². The van der Waals surface area contributed by atoms with E-state index in [1.807, 2.05) is 4.90 Å². The average molecular weight is 421 g/mol. The zero-order valence-corrected chi connectivity index (χ0v) is 14.7. The lowest BCUT2D eigenvalue weighted by Gasteiger charge is -2.33. The highest BCUT2D eigenvalue weighted by Crippen LogP contribution is 2.38. The Morgan fingerprint density at radius 3 is 2.50 bits per heavy atom. The molecule has 0 unspecified atom stereocenters. The topological polar surface area (TPSA) is 78.6 Å². The molecule has 1 fully saturated rings. The average Bonchev–Trinajstić information content (AvgIpc) is 2.45. The number of hydrogen-bond acceptors (Lipinski definition) is 5. The van der Waals surface area contributed by atoms with Crippen molar-refractivity contribution >= 4 is 46.4 Å². The molecule has 0 aliphatic carbocycles. The number of alkyl halides is 1. The van der Waals surface area contributed by atoms with E-state index >= 15 is 0 Å². The highest BCUT2D eigenvalue weighted by Gasteiger charge is 2.27. The van der Waals surface area contributed by atoms with Crippen molar-refractivity contribution in [3.8, 4) is 5.75 Å². The van der Waals surface area contributed by atoms with Crippen LogP contribution in [0, 0.1) is 10.1 Å². The van der Waals surface area contributed by atoms with E-state index in [1.54, 1.807) is 0 Å². The number of non-ortho nitro benzene ring substituents is 1. The Balaban J connectivity index is 0.00000220. The van der Waals surface area contributed by atoms with Gasteiger partial charge in [0.05, 0.1) is 15.4 Å². The molecule has 0 bridgehead atoms. The van der Waals surface area contributed by atoms with E-state index in [4.69, 9.17) is 0 Å². The fourth-order valence-electron chi connectivity index (χ4n) is 2.34. The largest absolute Gasteiger partial charge is 0.506 e. The van der Waals surface area contributed by atoms with Gasteiger partial charge in [-0.15, -0.1) is 24.8 Å². The number of nitro groups is 1. The Hall–Kier alpha value is -0.670. The van der Waals surface area contributed by atoms with Gasteiger partial charge in [0.15, 0.2) is 0 Å². The van der Waals surface area contributed by atoms with Crippen LogP contribution in [0.25, 0.3) is 0 Å². The van der Waals surface area contributed by atoms with E-state index in [0.29, 0.717) is 13.1 Å². The number of rotatable bonds is 4. The molecule has 2 N–H and O–H groups in total. The van der Waals surface area contributed by atoms with Gasteiger partial charge in [0.2, 0.25) is 0 Å². The molecule has 22 heavy (non-hydrogen) atoms. The van der Waals surface area contributed by atoms with E-state index in [2.05, 4.69) is 21.2 Å². The molecule has 1 atom stereocenters. The van der Waals surface area contributed by atoms with Crippen molar-refractivity contribution < 1.29 is 14.4 Å². The van der Waals surface area contributed by atoms with Crippen LogP contribution in [0.4, 0.5) is 10.1 Å². The van der Waals surface area contributed by atoms with Gasteiger partial charge in [0, 0.05) is 43.9 Å². The summed E-state index contributed by atoms with van der Waals surface area (Å²) in [6, 6.07) is 1.78. The second kappa shape index (κ2) is 9.46. The van der Waals surface area contributed by atoms with Gasteiger partial charge in [-0.3, -0.25) is 15.0 Å². The first-order valence-corrected chi connectivity index (χ1v) is 7.01. The molecular formula is C12H17BrCl2FN3O3. The minimum Gasteiger partial charge on any atom is -0.506 e. The molecule has 1 aliphatic rings. The summed E-state index contributed by atoms with van der Waals surface area (Å²) in [5, 5.41) is 24.1. The maximum atomic E-state index is 13.4. The van der Waals surface area contributed by atoms with Crippen molar-refractivity contribution in [1.29, 1.82) is 0 Å². The molecule has 0 saturated carbocycles.